The largest absolute Gasteiger partial charge is 0.369 e. The Labute approximate surface area is 208 Å². The van der Waals surface area contributed by atoms with E-state index in [1.165, 1.54) is 27.4 Å². The lowest BCUT2D eigenvalue weighted by atomic mass is 9.77. The van der Waals surface area contributed by atoms with E-state index in [0.29, 0.717) is 36.5 Å². The summed E-state index contributed by atoms with van der Waals surface area (Å²) >= 11 is 3.23. The number of nitrogens with two attached hydrogens (primary N) is 1. The van der Waals surface area contributed by atoms with Gasteiger partial charge in [-0.1, -0.05) is 19.9 Å². The van der Waals surface area contributed by atoms with Crippen molar-refractivity contribution in [3.63, 3.8) is 0 Å². The normalized spacial score (nSPS) is 18.4. The second-order valence-corrected chi connectivity index (χ2v) is 11.7. The molecule has 0 unspecified atom stereocenters. The number of thiophene rings is 2. The Balaban J connectivity index is 1.51. The second-order valence-electron chi connectivity index (χ2n) is 9.74. The van der Waals surface area contributed by atoms with Crippen molar-refractivity contribution in [2.75, 3.05) is 25.0 Å². The average Bonchev–Trinajstić information content (AvgIpc) is 3.35. The zero-order valence-electron chi connectivity index (χ0n) is 19.8. The van der Waals surface area contributed by atoms with Gasteiger partial charge < -0.3 is 11.1 Å². The number of hydrogen-bond acceptors (Lipinski definition) is 6. The van der Waals surface area contributed by atoms with Crippen LogP contribution in [0.2, 0.25) is 0 Å². The zero-order valence-corrected chi connectivity index (χ0v) is 21.4. The van der Waals surface area contributed by atoms with E-state index in [4.69, 9.17) is 5.73 Å². The summed E-state index contributed by atoms with van der Waals surface area (Å²) in [6, 6.07) is 4.45. The fourth-order valence-electron chi connectivity index (χ4n) is 4.70. The Bertz CT molecular complexity index is 1200. The number of fused-ring (bicyclic) bond motifs is 1. The first-order valence-electron chi connectivity index (χ1n) is 11.5. The summed E-state index contributed by atoms with van der Waals surface area (Å²) in [6.45, 7) is 8.07. The van der Waals surface area contributed by atoms with E-state index in [0.717, 1.165) is 16.9 Å². The van der Waals surface area contributed by atoms with Crippen molar-refractivity contribution in [2.45, 2.75) is 45.4 Å². The second kappa shape index (κ2) is 9.87. The van der Waals surface area contributed by atoms with E-state index in [9.17, 15) is 14.9 Å². The number of aryl methyl sites for hydroxylation is 1. The molecular formula is C26H30N4O2S2. The number of carbonyl (C=O) groups is 2. The van der Waals surface area contributed by atoms with E-state index < -0.39 is 0 Å². The van der Waals surface area contributed by atoms with Crippen molar-refractivity contribution < 1.29 is 9.59 Å². The minimum Gasteiger partial charge on any atom is -0.369 e. The van der Waals surface area contributed by atoms with Crippen molar-refractivity contribution >= 4 is 51.6 Å². The monoisotopic (exact) mass is 494 g/mol. The van der Waals surface area contributed by atoms with Gasteiger partial charge in [-0.15, -0.1) is 22.7 Å². The molecule has 0 bridgehead atoms. The van der Waals surface area contributed by atoms with Crippen molar-refractivity contribution in [1.82, 2.24) is 4.90 Å². The highest BCUT2D eigenvalue weighted by Gasteiger charge is 2.33. The molecule has 8 heteroatoms. The number of nitrogens with zero attached hydrogens (tertiary/aromatic N) is 2. The van der Waals surface area contributed by atoms with Gasteiger partial charge in [0.2, 0.25) is 11.8 Å². The Morgan fingerprint density at radius 2 is 2.06 bits per heavy atom. The highest BCUT2D eigenvalue weighted by atomic mass is 32.1. The van der Waals surface area contributed by atoms with E-state index in [-0.39, 0.29) is 29.7 Å². The fraction of sp³-hybridized carbons (Fsp3) is 0.423. The van der Waals surface area contributed by atoms with Crippen LogP contribution in [-0.4, -0.2) is 36.3 Å². The van der Waals surface area contributed by atoms with Gasteiger partial charge in [0, 0.05) is 26.7 Å². The van der Waals surface area contributed by atoms with Crippen LogP contribution < -0.4 is 11.1 Å². The molecule has 178 valence electrons. The number of primary amides is 1. The van der Waals surface area contributed by atoms with Crippen LogP contribution in [0, 0.1) is 24.2 Å². The zero-order chi connectivity index (χ0) is 24.5. The molecule has 2 amide bonds. The molecule has 6 nitrogen and oxygen atoms in total. The summed E-state index contributed by atoms with van der Waals surface area (Å²) in [4.78, 5) is 28.6. The maximum absolute atomic E-state index is 12.8. The van der Waals surface area contributed by atoms with Gasteiger partial charge >= 0.3 is 0 Å². The van der Waals surface area contributed by atoms with Crippen LogP contribution >= 0.6 is 22.7 Å². The number of nitriles is 1. The quantitative estimate of drug-likeness (QED) is 0.596. The molecule has 0 atom stereocenters. The number of carbonyl (C=O) groups excluding carboxylic acids is 2. The fourth-order valence-corrected chi connectivity index (χ4v) is 6.77. The molecule has 34 heavy (non-hydrogen) atoms. The maximum Gasteiger partial charge on any atom is 0.239 e. The molecule has 0 saturated carbocycles. The third-order valence-electron chi connectivity index (χ3n) is 6.61. The predicted molar refractivity (Wildman–Crippen MR) is 140 cm³/mol. The third kappa shape index (κ3) is 5.17. The number of amides is 2. The van der Waals surface area contributed by atoms with Gasteiger partial charge in [-0.2, -0.15) is 5.26 Å². The highest BCUT2D eigenvalue weighted by molar-refractivity contribution is 7.17. The Morgan fingerprint density at radius 1 is 1.32 bits per heavy atom. The van der Waals surface area contributed by atoms with Crippen molar-refractivity contribution in [3.8, 4) is 6.07 Å². The number of piperidine rings is 1. The van der Waals surface area contributed by atoms with Crippen molar-refractivity contribution in [1.29, 1.82) is 5.26 Å². The number of nitrogens with one attached hydrogen (secondary N) is 1. The molecule has 2 aliphatic rings. The Kier molecular flexibility index (Phi) is 7.08. The van der Waals surface area contributed by atoms with Crippen molar-refractivity contribution in [2.24, 2.45) is 11.7 Å². The summed E-state index contributed by atoms with van der Waals surface area (Å²) in [5.41, 5.74) is 9.16. The van der Waals surface area contributed by atoms with Gasteiger partial charge in [0.15, 0.2) is 0 Å². The summed E-state index contributed by atoms with van der Waals surface area (Å²) in [7, 11) is 0. The molecule has 4 rings (SSSR count). The lowest BCUT2D eigenvalue weighted by Gasteiger charge is -2.29. The van der Waals surface area contributed by atoms with Gasteiger partial charge in [-0.25, -0.2) is 0 Å². The smallest absolute Gasteiger partial charge is 0.239 e. The minimum absolute atomic E-state index is 0.102. The van der Waals surface area contributed by atoms with Gasteiger partial charge in [0.1, 0.15) is 11.1 Å². The van der Waals surface area contributed by atoms with E-state index in [2.05, 4.69) is 61.8 Å². The molecule has 0 spiro atoms. The highest BCUT2D eigenvalue weighted by Crippen LogP contribution is 2.47. The molecule has 2 aromatic rings. The number of rotatable bonds is 6. The van der Waals surface area contributed by atoms with Gasteiger partial charge in [0.25, 0.3) is 0 Å². The van der Waals surface area contributed by atoms with E-state index >= 15 is 0 Å². The number of likely N-dealkylation sites (tertiary alicyclic amines) is 1. The van der Waals surface area contributed by atoms with E-state index in [1.54, 1.807) is 11.3 Å². The molecule has 1 saturated heterocycles. The summed E-state index contributed by atoms with van der Waals surface area (Å²) < 4.78 is 0. The van der Waals surface area contributed by atoms with Crippen LogP contribution in [0.5, 0.6) is 0 Å². The van der Waals surface area contributed by atoms with Gasteiger partial charge in [0.05, 0.1) is 12.1 Å². The van der Waals surface area contributed by atoms with Crippen LogP contribution in [-0.2, 0) is 15.0 Å². The standard InChI is InChI=1S/C26H30N4O2S2/c1-16-8-11-33-21(16)5-4-17-12-19-20(14-27)25(34-23(19)26(2,3)13-17)29-22(31)15-30-9-6-18(7-10-30)24(28)32/h4-5,8,11-12,18H,6-7,9-10,13,15H2,1-3H3,(H2,28,32)(H,29,31). The first kappa shape index (κ1) is 24.4. The van der Waals surface area contributed by atoms with Crippen LogP contribution in [0.1, 0.15) is 59.6 Å². The summed E-state index contributed by atoms with van der Waals surface area (Å²) in [6.07, 6.45) is 8.62. The topological polar surface area (TPSA) is 99.2 Å². The van der Waals surface area contributed by atoms with Crippen LogP contribution in [0.3, 0.4) is 0 Å². The third-order valence-corrected chi connectivity index (χ3v) is 9.08. The molecule has 1 fully saturated rings. The number of hydrogen-bond donors (Lipinski definition) is 2. The van der Waals surface area contributed by atoms with Gasteiger partial charge in [-0.3, -0.25) is 14.5 Å². The number of allylic oxidation sites excluding steroid dienone is 2. The molecular weight excluding hydrogens is 464 g/mol. The van der Waals surface area contributed by atoms with Gasteiger partial charge in [-0.05, 0) is 74.0 Å². The lowest BCUT2D eigenvalue weighted by molar-refractivity contribution is -0.123. The van der Waals surface area contributed by atoms with Crippen LogP contribution in [0.4, 0.5) is 5.00 Å². The minimum atomic E-state index is -0.262. The van der Waals surface area contributed by atoms with Crippen LogP contribution in [0.15, 0.2) is 23.1 Å². The first-order chi connectivity index (χ1) is 16.2. The van der Waals surface area contributed by atoms with Crippen molar-refractivity contribution in [3.05, 3.63) is 49.5 Å². The molecule has 1 aliphatic heterocycles. The summed E-state index contributed by atoms with van der Waals surface area (Å²) in [5.74, 6) is -0.500. The molecule has 3 N–H and O–H groups in total. The molecule has 3 heterocycles. The lowest BCUT2D eigenvalue weighted by Crippen LogP contribution is -2.42. The average molecular weight is 495 g/mol. The Morgan fingerprint density at radius 3 is 2.68 bits per heavy atom. The SMILES string of the molecule is Cc1ccsc1C=CC1=Cc2c(sc(NC(=O)CN3CCC(C(N)=O)CC3)c2C#N)C(C)(C)C1. The number of anilines is 1. The summed E-state index contributed by atoms with van der Waals surface area (Å²) in [5, 5.41) is 15.7. The van der Waals surface area contributed by atoms with E-state index in [1.807, 2.05) is 4.90 Å². The molecule has 1 aliphatic carbocycles. The molecule has 0 radical (unpaired) electrons. The Hall–Kier alpha value is -2.73. The maximum atomic E-state index is 12.8. The first-order valence-corrected chi connectivity index (χ1v) is 13.2. The molecule has 0 aromatic carbocycles. The molecule has 2 aromatic heterocycles. The van der Waals surface area contributed by atoms with Crippen LogP contribution in [0.25, 0.3) is 12.2 Å². The predicted octanol–water partition coefficient (Wildman–Crippen LogP) is 4.90.